The second kappa shape index (κ2) is 13.1. The highest BCUT2D eigenvalue weighted by atomic mass is 35.5. The monoisotopic (exact) mass is 785 g/mol. The van der Waals surface area contributed by atoms with Crippen LogP contribution >= 0.6 is 23.2 Å². The topological polar surface area (TPSA) is 107 Å². The van der Waals surface area contributed by atoms with Crippen molar-refractivity contribution in [3.8, 4) is 11.5 Å². The number of ether oxygens (including phenoxy) is 1. The summed E-state index contributed by atoms with van der Waals surface area (Å²) >= 11 is 14.6. The van der Waals surface area contributed by atoms with Crippen molar-refractivity contribution in [3.63, 3.8) is 0 Å². The molecule has 0 radical (unpaired) electrons. The van der Waals surface area contributed by atoms with E-state index in [1.165, 1.54) is 17.0 Å². The van der Waals surface area contributed by atoms with E-state index in [0.717, 1.165) is 42.4 Å². The average Bonchev–Trinajstić information content (AvgIpc) is 3.47. The Balaban J connectivity index is 1.17. The molecule has 3 aromatic rings. The van der Waals surface area contributed by atoms with Crippen LogP contribution in [0, 0.1) is 23.6 Å². The van der Waals surface area contributed by atoms with Gasteiger partial charge in [-0.25, -0.2) is 9.29 Å². The van der Waals surface area contributed by atoms with Gasteiger partial charge in [-0.05, 0) is 79.6 Å². The van der Waals surface area contributed by atoms with Crippen LogP contribution in [-0.4, -0.2) is 73.8 Å². The van der Waals surface area contributed by atoms with Crippen LogP contribution in [-0.2, 0) is 25.7 Å². The summed E-state index contributed by atoms with van der Waals surface area (Å²) in [6.45, 7) is 2.01. The normalized spacial score (nSPS) is 30.3. The van der Waals surface area contributed by atoms with Crippen molar-refractivity contribution in [1.82, 2.24) is 9.80 Å². The molecule has 4 amide bonds. The van der Waals surface area contributed by atoms with Crippen LogP contribution in [0.15, 0.2) is 84.4 Å². The lowest BCUT2D eigenvalue weighted by molar-refractivity contribution is -0.274. The standard InChI is InChI=1S/C39H33Cl2F4N3O6/c40-37-19-29-26(11-12-27-31(29)34(51)47(33(27)50)24-14-16-46(17-15-24)20-21-4-2-1-3-5-21)32(28-18-25(10-13-30(28)49)54-39(43,44)45)38(37,41)36(53)48(35(37)52)23-8-6-22(42)7-9-23/h1-11,13,18,24,27,29,31-32,49H,12,14-17,19-20H2. The zero-order valence-corrected chi connectivity index (χ0v) is 30.0. The summed E-state index contributed by atoms with van der Waals surface area (Å²) in [6, 6.07) is 16.7. The van der Waals surface area contributed by atoms with Gasteiger partial charge in [0.2, 0.25) is 11.8 Å². The number of phenols is 1. The number of imide groups is 2. The van der Waals surface area contributed by atoms with Gasteiger partial charge in [-0.3, -0.25) is 29.0 Å². The molecule has 3 saturated heterocycles. The molecule has 9 nitrogen and oxygen atoms in total. The molecular weight excluding hydrogens is 753 g/mol. The number of fused-ring (bicyclic) bond motifs is 4. The number of hydrogen-bond acceptors (Lipinski definition) is 7. The molecule has 2 aliphatic carbocycles. The maximum absolute atomic E-state index is 14.5. The van der Waals surface area contributed by atoms with Gasteiger partial charge in [0.1, 0.15) is 17.3 Å². The molecule has 15 heteroatoms. The highest BCUT2D eigenvalue weighted by Gasteiger charge is 2.77. The number of hydrogen-bond donors (Lipinski definition) is 1. The molecule has 1 N–H and O–H groups in total. The predicted octanol–water partition coefficient (Wildman–Crippen LogP) is 6.66. The van der Waals surface area contributed by atoms with E-state index in [9.17, 15) is 41.8 Å². The van der Waals surface area contributed by atoms with Crippen molar-refractivity contribution < 1.29 is 46.6 Å². The van der Waals surface area contributed by atoms with Crippen LogP contribution in [0.5, 0.6) is 11.5 Å². The number of benzene rings is 3. The third kappa shape index (κ3) is 5.69. The lowest BCUT2D eigenvalue weighted by Crippen LogP contribution is -2.60. The first-order valence-corrected chi connectivity index (χ1v) is 18.3. The van der Waals surface area contributed by atoms with E-state index >= 15 is 0 Å². The Labute approximate surface area is 317 Å². The maximum atomic E-state index is 14.5. The first kappa shape index (κ1) is 36.5. The highest BCUT2D eigenvalue weighted by Crippen LogP contribution is 2.66. The fraction of sp³-hybridized carbons (Fsp3) is 0.385. The number of nitrogens with zero attached hydrogens (tertiary/aromatic N) is 3. The van der Waals surface area contributed by atoms with Crippen molar-refractivity contribution in [2.45, 2.75) is 60.3 Å². The number of alkyl halides is 5. The third-order valence-corrected chi connectivity index (χ3v) is 13.1. The van der Waals surface area contributed by atoms with Crippen LogP contribution in [0.25, 0.3) is 0 Å². The second-order valence-corrected chi connectivity index (χ2v) is 15.8. The van der Waals surface area contributed by atoms with Gasteiger partial charge in [-0.1, -0.05) is 42.0 Å². The molecule has 6 unspecified atom stereocenters. The van der Waals surface area contributed by atoms with E-state index in [4.69, 9.17) is 23.2 Å². The van der Waals surface area contributed by atoms with Crippen molar-refractivity contribution >= 4 is 52.5 Å². The number of rotatable bonds is 6. The van der Waals surface area contributed by atoms with Crippen molar-refractivity contribution in [3.05, 3.63) is 101 Å². The van der Waals surface area contributed by atoms with E-state index < -0.39 is 74.8 Å². The van der Waals surface area contributed by atoms with E-state index in [2.05, 4.69) is 9.64 Å². The summed E-state index contributed by atoms with van der Waals surface area (Å²) in [4.78, 5) is 57.1. The average molecular weight is 787 g/mol. The predicted molar refractivity (Wildman–Crippen MR) is 188 cm³/mol. The zero-order valence-electron chi connectivity index (χ0n) is 28.4. The van der Waals surface area contributed by atoms with Crippen molar-refractivity contribution in [2.75, 3.05) is 18.0 Å². The molecule has 0 bridgehead atoms. The fourth-order valence-electron chi connectivity index (χ4n) is 9.27. The molecule has 0 spiro atoms. The van der Waals surface area contributed by atoms with E-state index in [1.807, 2.05) is 30.3 Å². The minimum absolute atomic E-state index is 0.0342. The van der Waals surface area contributed by atoms with Gasteiger partial charge in [-0.2, -0.15) is 0 Å². The van der Waals surface area contributed by atoms with Crippen LogP contribution in [0.4, 0.5) is 23.2 Å². The number of carbonyl (C=O) groups is 4. The van der Waals surface area contributed by atoms with E-state index in [0.29, 0.717) is 30.8 Å². The van der Waals surface area contributed by atoms with Crippen LogP contribution in [0.2, 0.25) is 0 Å². The Morgan fingerprint density at radius 1 is 0.870 bits per heavy atom. The second-order valence-electron chi connectivity index (χ2n) is 14.6. The van der Waals surface area contributed by atoms with Crippen LogP contribution < -0.4 is 9.64 Å². The number of anilines is 1. The number of aromatic hydroxyl groups is 1. The number of piperidine rings is 1. The van der Waals surface area contributed by atoms with Gasteiger partial charge in [0.15, 0.2) is 9.75 Å². The van der Waals surface area contributed by atoms with Gasteiger partial charge in [0.25, 0.3) is 11.8 Å². The molecular formula is C39H33Cl2F4N3O6. The molecule has 5 aliphatic rings. The van der Waals surface area contributed by atoms with Gasteiger partial charge >= 0.3 is 6.36 Å². The minimum Gasteiger partial charge on any atom is -0.508 e. The molecule has 0 aromatic heterocycles. The van der Waals surface area contributed by atoms with E-state index in [1.54, 1.807) is 6.08 Å². The molecule has 3 heterocycles. The summed E-state index contributed by atoms with van der Waals surface area (Å²) in [5, 5.41) is 11.2. The number of carbonyl (C=O) groups excluding carboxylic acids is 4. The summed E-state index contributed by atoms with van der Waals surface area (Å²) in [5.74, 6) is -9.24. The molecule has 4 fully saturated rings. The van der Waals surface area contributed by atoms with Gasteiger partial charge < -0.3 is 9.84 Å². The molecule has 6 atom stereocenters. The van der Waals surface area contributed by atoms with Crippen LogP contribution in [0.3, 0.4) is 0 Å². The molecule has 3 aliphatic heterocycles. The van der Waals surface area contributed by atoms with Crippen molar-refractivity contribution in [2.24, 2.45) is 17.8 Å². The first-order chi connectivity index (χ1) is 25.6. The molecule has 282 valence electrons. The smallest absolute Gasteiger partial charge is 0.508 e. The Morgan fingerprint density at radius 3 is 2.22 bits per heavy atom. The van der Waals surface area contributed by atoms with Crippen LogP contribution in [0.1, 0.15) is 42.7 Å². The minimum atomic E-state index is -5.12. The number of amides is 4. The Kier molecular flexibility index (Phi) is 8.85. The SMILES string of the molecule is O=C1C2CC=C3C(CC4(Cl)C(=O)N(c5ccc(F)cc5)C(=O)C4(Cl)C3c3cc(OC(F)(F)F)ccc3O)C2C(=O)N1C1CCN(Cc2ccccc2)CC1. The summed E-state index contributed by atoms with van der Waals surface area (Å²) < 4.78 is 58.3. The molecule has 1 saturated carbocycles. The lowest BCUT2D eigenvalue weighted by atomic mass is 9.56. The quantitative estimate of drug-likeness (QED) is 0.129. The van der Waals surface area contributed by atoms with Gasteiger partial charge in [-0.15, -0.1) is 36.4 Å². The van der Waals surface area contributed by atoms with E-state index in [-0.39, 0.29) is 41.6 Å². The third-order valence-electron chi connectivity index (χ3n) is 11.6. The maximum Gasteiger partial charge on any atom is 0.573 e. The fourth-order valence-corrected chi connectivity index (χ4v) is 10.2. The number of phenolic OH excluding ortho intramolecular Hbond substituents is 1. The number of allylic oxidation sites excluding steroid dienone is 2. The Morgan fingerprint density at radius 2 is 1.56 bits per heavy atom. The zero-order chi connectivity index (χ0) is 38.3. The largest absolute Gasteiger partial charge is 0.573 e. The number of halogens is 6. The Hall–Kier alpha value is -4.46. The molecule has 54 heavy (non-hydrogen) atoms. The summed E-state index contributed by atoms with van der Waals surface area (Å²) in [6.07, 6.45) is -2.75. The van der Waals surface area contributed by atoms with Crippen molar-refractivity contribution in [1.29, 1.82) is 0 Å². The summed E-state index contributed by atoms with van der Waals surface area (Å²) in [5.41, 5.74) is 1.06. The van der Waals surface area contributed by atoms with Gasteiger partial charge in [0, 0.05) is 37.2 Å². The molecule has 8 rings (SSSR count). The van der Waals surface area contributed by atoms with Gasteiger partial charge in [0.05, 0.1) is 17.5 Å². The molecule has 3 aromatic carbocycles. The first-order valence-electron chi connectivity index (χ1n) is 17.6. The lowest BCUT2D eigenvalue weighted by Gasteiger charge is -2.50. The summed E-state index contributed by atoms with van der Waals surface area (Å²) in [7, 11) is 0. The highest BCUT2D eigenvalue weighted by molar-refractivity contribution is 6.58. The number of likely N-dealkylation sites (tertiary alicyclic amines) is 2. The Bertz CT molecular complexity index is 2080.